The third-order valence-corrected chi connectivity index (χ3v) is 6.02. The van der Waals surface area contributed by atoms with Crippen LogP contribution in [0.1, 0.15) is 21.7 Å². The number of aromatic carboxylic acids is 1. The first kappa shape index (κ1) is 22.9. The van der Waals surface area contributed by atoms with Crippen molar-refractivity contribution >= 4 is 23.3 Å². The first-order valence-electron chi connectivity index (χ1n) is 10.9. The number of piperazine rings is 1. The molecule has 1 aliphatic carbocycles. The third-order valence-electron chi connectivity index (χ3n) is 6.02. The Hall–Kier alpha value is -3.87. The maximum atomic E-state index is 13.2. The van der Waals surface area contributed by atoms with Crippen LogP contribution in [-0.2, 0) is 12.8 Å². The Kier molecular flexibility index (Phi) is 5.71. The molecule has 2 N–H and O–H groups in total. The van der Waals surface area contributed by atoms with Crippen LogP contribution in [-0.4, -0.2) is 70.7 Å². The highest BCUT2D eigenvalue weighted by Crippen LogP contribution is 2.37. The molecule has 1 saturated heterocycles. The van der Waals surface area contributed by atoms with Gasteiger partial charge in [0.1, 0.15) is 11.4 Å². The SMILES string of the molecule is CN1CCN(c2ccc(Nc3ncc4c(n3)-c3noc(C(=O)O)c3CC4)c(OC(F)(F)F)c2)CC1. The number of rotatable bonds is 5. The number of anilines is 3. The molecule has 3 heterocycles. The zero-order valence-electron chi connectivity index (χ0n) is 18.6. The molecule has 0 unspecified atom stereocenters. The summed E-state index contributed by atoms with van der Waals surface area (Å²) in [5.41, 5.74) is 2.45. The van der Waals surface area contributed by atoms with E-state index in [4.69, 9.17) is 4.52 Å². The number of benzene rings is 1. The topological polar surface area (TPSA) is 117 Å². The number of alkyl halides is 3. The number of fused-ring (bicyclic) bond motifs is 3. The molecule has 0 amide bonds. The number of nitrogens with zero attached hydrogens (tertiary/aromatic N) is 5. The standard InChI is InChI=1S/C22H21F3N6O4/c1-30-6-8-31(9-7-30)13-3-5-15(16(10-13)34-22(23,24)25)27-21-26-11-12-2-4-14-18(17(12)28-21)29-35-19(14)20(32)33/h3,5,10-11H,2,4,6-9H2,1H3,(H,32,33)(H,26,27,28). The smallest absolute Gasteiger partial charge is 0.475 e. The van der Waals surface area contributed by atoms with Crippen molar-refractivity contribution in [3.63, 3.8) is 0 Å². The minimum Gasteiger partial charge on any atom is -0.475 e. The number of halogens is 3. The van der Waals surface area contributed by atoms with Crippen molar-refractivity contribution in [1.29, 1.82) is 0 Å². The zero-order valence-corrected chi connectivity index (χ0v) is 18.6. The zero-order chi connectivity index (χ0) is 24.7. The number of hydrogen-bond acceptors (Lipinski definition) is 9. The summed E-state index contributed by atoms with van der Waals surface area (Å²) < 4.78 is 48.8. The van der Waals surface area contributed by atoms with E-state index in [2.05, 4.69) is 30.1 Å². The van der Waals surface area contributed by atoms with E-state index in [1.54, 1.807) is 6.07 Å². The average Bonchev–Trinajstić information content (AvgIpc) is 3.25. The van der Waals surface area contributed by atoms with Crippen molar-refractivity contribution in [2.45, 2.75) is 19.2 Å². The van der Waals surface area contributed by atoms with E-state index >= 15 is 0 Å². The van der Waals surface area contributed by atoms with Gasteiger partial charge in [0.25, 0.3) is 0 Å². The van der Waals surface area contributed by atoms with Gasteiger partial charge in [0.2, 0.25) is 11.7 Å². The van der Waals surface area contributed by atoms with E-state index in [0.717, 1.165) is 18.7 Å². The number of carboxylic acid groups (broad SMARTS) is 1. The van der Waals surface area contributed by atoms with Gasteiger partial charge in [-0.3, -0.25) is 0 Å². The number of carboxylic acids is 1. The maximum Gasteiger partial charge on any atom is 0.573 e. The van der Waals surface area contributed by atoms with Crippen molar-refractivity contribution < 1.29 is 32.3 Å². The summed E-state index contributed by atoms with van der Waals surface area (Å²) >= 11 is 0. The fourth-order valence-electron chi connectivity index (χ4n) is 4.22. The van der Waals surface area contributed by atoms with Crippen LogP contribution in [0.3, 0.4) is 0 Å². The predicted molar refractivity (Wildman–Crippen MR) is 118 cm³/mol. The molecule has 184 valence electrons. The number of aromatic nitrogens is 3. The first-order chi connectivity index (χ1) is 16.7. The van der Waals surface area contributed by atoms with E-state index in [1.807, 2.05) is 11.9 Å². The predicted octanol–water partition coefficient (Wildman–Crippen LogP) is 3.32. The van der Waals surface area contributed by atoms with Gasteiger partial charge < -0.3 is 29.5 Å². The molecule has 1 aromatic carbocycles. The highest BCUT2D eigenvalue weighted by molar-refractivity contribution is 5.89. The normalized spacial score (nSPS) is 15.9. The number of nitrogens with one attached hydrogen (secondary N) is 1. The maximum absolute atomic E-state index is 13.2. The van der Waals surface area contributed by atoms with Crippen LogP contribution >= 0.6 is 0 Å². The van der Waals surface area contributed by atoms with Gasteiger partial charge in [-0.05, 0) is 37.6 Å². The van der Waals surface area contributed by atoms with E-state index < -0.39 is 18.1 Å². The second-order valence-corrected chi connectivity index (χ2v) is 8.36. The number of carbonyl (C=O) groups is 1. The Bertz CT molecular complexity index is 1270. The lowest BCUT2D eigenvalue weighted by Crippen LogP contribution is -2.44. The average molecular weight is 490 g/mol. The van der Waals surface area contributed by atoms with Crippen molar-refractivity contribution in [3.05, 3.63) is 41.3 Å². The molecule has 0 spiro atoms. The molecule has 0 bridgehead atoms. The summed E-state index contributed by atoms with van der Waals surface area (Å²) in [6, 6.07) is 4.54. The third kappa shape index (κ3) is 4.71. The number of hydrogen-bond donors (Lipinski definition) is 2. The summed E-state index contributed by atoms with van der Waals surface area (Å²) in [5, 5.41) is 15.9. The van der Waals surface area contributed by atoms with Crippen LogP contribution in [0.5, 0.6) is 5.75 Å². The summed E-state index contributed by atoms with van der Waals surface area (Å²) in [7, 11) is 1.99. The van der Waals surface area contributed by atoms with Crippen LogP contribution in [0.2, 0.25) is 0 Å². The van der Waals surface area contributed by atoms with E-state index in [9.17, 15) is 23.1 Å². The number of aryl methyl sites for hydroxylation is 1. The van der Waals surface area contributed by atoms with Gasteiger partial charge in [0, 0.05) is 49.7 Å². The Morgan fingerprint density at radius 2 is 1.94 bits per heavy atom. The molecule has 2 aliphatic rings. The lowest BCUT2D eigenvalue weighted by Gasteiger charge is -2.34. The van der Waals surface area contributed by atoms with Crippen LogP contribution in [0.4, 0.5) is 30.5 Å². The van der Waals surface area contributed by atoms with E-state index in [1.165, 1.54) is 18.3 Å². The van der Waals surface area contributed by atoms with Gasteiger partial charge in [-0.1, -0.05) is 5.16 Å². The summed E-state index contributed by atoms with van der Waals surface area (Å²) in [5.74, 6) is -1.88. The van der Waals surface area contributed by atoms with Crippen molar-refractivity contribution in [1.82, 2.24) is 20.0 Å². The summed E-state index contributed by atoms with van der Waals surface area (Å²) in [4.78, 5) is 24.1. The van der Waals surface area contributed by atoms with Crippen LogP contribution in [0.25, 0.3) is 11.4 Å². The summed E-state index contributed by atoms with van der Waals surface area (Å²) in [6.07, 6.45) is -2.48. The van der Waals surface area contributed by atoms with E-state index in [-0.39, 0.29) is 23.1 Å². The molecule has 10 nitrogen and oxygen atoms in total. The Balaban J connectivity index is 1.46. The molecular formula is C22H21F3N6O4. The van der Waals surface area contributed by atoms with Crippen molar-refractivity contribution in [3.8, 4) is 17.1 Å². The van der Waals surface area contributed by atoms with Gasteiger partial charge in [0.05, 0.1) is 5.69 Å². The lowest BCUT2D eigenvalue weighted by molar-refractivity contribution is -0.274. The van der Waals surface area contributed by atoms with Crippen molar-refractivity contribution in [2.75, 3.05) is 43.4 Å². The van der Waals surface area contributed by atoms with Gasteiger partial charge in [0.15, 0.2) is 5.75 Å². The fourth-order valence-corrected chi connectivity index (χ4v) is 4.22. The molecule has 0 radical (unpaired) electrons. The fraction of sp³-hybridized carbons (Fsp3) is 0.364. The molecule has 1 fully saturated rings. The summed E-state index contributed by atoms with van der Waals surface area (Å²) in [6.45, 7) is 2.96. The monoisotopic (exact) mass is 490 g/mol. The van der Waals surface area contributed by atoms with Gasteiger partial charge in [-0.2, -0.15) is 0 Å². The molecule has 0 atom stereocenters. The van der Waals surface area contributed by atoms with Crippen molar-refractivity contribution in [2.24, 2.45) is 0 Å². The minimum absolute atomic E-state index is 0.0100. The second-order valence-electron chi connectivity index (χ2n) is 8.36. The molecular weight excluding hydrogens is 469 g/mol. The van der Waals surface area contributed by atoms with Crippen LogP contribution in [0.15, 0.2) is 28.9 Å². The van der Waals surface area contributed by atoms with Gasteiger partial charge in [-0.15, -0.1) is 13.2 Å². The first-order valence-corrected chi connectivity index (χ1v) is 10.9. The van der Waals surface area contributed by atoms with Gasteiger partial charge in [-0.25, -0.2) is 14.8 Å². The second kappa shape index (κ2) is 8.73. The molecule has 35 heavy (non-hydrogen) atoms. The minimum atomic E-state index is -4.89. The van der Waals surface area contributed by atoms with Gasteiger partial charge >= 0.3 is 12.3 Å². The largest absolute Gasteiger partial charge is 0.573 e. The quantitative estimate of drug-likeness (QED) is 0.552. The lowest BCUT2D eigenvalue weighted by atomic mass is 9.94. The molecule has 0 saturated carbocycles. The molecule has 3 aromatic rings. The van der Waals surface area contributed by atoms with E-state index in [0.29, 0.717) is 42.9 Å². The Morgan fingerprint density at radius 1 is 1.17 bits per heavy atom. The highest BCUT2D eigenvalue weighted by atomic mass is 19.4. The molecule has 2 aromatic heterocycles. The Labute approximate surface area is 197 Å². The molecule has 1 aliphatic heterocycles. The number of ether oxygens (including phenoxy) is 1. The Morgan fingerprint density at radius 3 is 2.66 bits per heavy atom. The molecule has 13 heteroatoms. The number of likely N-dealkylation sites (N-methyl/N-ethyl adjacent to an activating group) is 1. The van der Waals surface area contributed by atoms with Crippen LogP contribution < -0.4 is 15.0 Å². The van der Waals surface area contributed by atoms with Crippen LogP contribution in [0, 0.1) is 0 Å². The highest BCUT2D eigenvalue weighted by Gasteiger charge is 2.33. The molecule has 5 rings (SSSR count).